The fraction of sp³-hybridized carbons (Fsp3) is 0. The lowest BCUT2D eigenvalue weighted by Gasteiger charge is -1.97. The number of carbonyl (C=O) groups is 1. The number of rotatable bonds is 1. The van der Waals surface area contributed by atoms with Gasteiger partial charge in [-0.1, -0.05) is 11.6 Å². The number of carboxylic acid groups (broad SMARTS) is 1. The Morgan fingerprint density at radius 3 is 2.82 bits per heavy atom. The van der Waals surface area contributed by atoms with Gasteiger partial charge in [0.25, 0.3) is 0 Å². The van der Waals surface area contributed by atoms with Crippen LogP contribution in [0.5, 0.6) is 0 Å². The Morgan fingerprint density at radius 2 is 2.36 bits per heavy atom. The molecule has 0 saturated carbocycles. The summed E-state index contributed by atoms with van der Waals surface area (Å²) in [5.74, 6) is -1.14. The molecule has 0 atom stereocenters. The van der Waals surface area contributed by atoms with Crippen molar-refractivity contribution in [3.8, 4) is 0 Å². The van der Waals surface area contributed by atoms with Crippen LogP contribution in [-0.2, 0) is 0 Å². The van der Waals surface area contributed by atoms with Gasteiger partial charge in [-0.2, -0.15) is 4.73 Å². The predicted octanol–water partition coefficient (Wildman–Crippen LogP) is 0.672. The second-order valence-corrected chi connectivity index (χ2v) is 2.28. The van der Waals surface area contributed by atoms with Crippen LogP contribution in [0.1, 0.15) is 10.4 Å². The number of pyridine rings is 1. The molecular weight excluding hydrogens is 170 g/mol. The van der Waals surface area contributed by atoms with E-state index in [2.05, 4.69) is 0 Å². The van der Waals surface area contributed by atoms with Gasteiger partial charge in [-0.3, -0.25) is 0 Å². The summed E-state index contributed by atoms with van der Waals surface area (Å²) in [5.41, 5.74) is -0.0706. The molecule has 0 fully saturated rings. The van der Waals surface area contributed by atoms with Crippen molar-refractivity contribution >= 4 is 17.6 Å². The highest BCUT2D eigenvalue weighted by molar-refractivity contribution is 6.33. The van der Waals surface area contributed by atoms with Crippen LogP contribution in [0.15, 0.2) is 18.5 Å². The van der Waals surface area contributed by atoms with Gasteiger partial charge in [0.05, 0.1) is 5.56 Å². The zero-order valence-corrected chi connectivity index (χ0v) is 6.08. The molecule has 0 bridgehead atoms. The monoisotopic (exact) mass is 173 g/mol. The lowest BCUT2D eigenvalue weighted by atomic mass is 10.3. The largest absolute Gasteiger partial charge is 0.619 e. The van der Waals surface area contributed by atoms with Gasteiger partial charge in [0, 0.05) is 6.07 Å². The Morgan fingerprint density at radius 1 is 1.73 bits per heavy atom. The second kappa shape index (κ2) is 2.75. The van der Waals surface area contributed by atoms with E-state index in [1.807, 2.05) is 0 Å². The van der Waals surface area contributed by atoms with Gasteiger partial charge in [0.2, 0.25) is 0 Å². The average Bonchev–Trinajstić information content (AvgIpc) is 1.85. The molecule has 1 rings (SSSR count). The smallest absolute Gasteiger partial charge is 0.337 e. The molecule has 0 radical (unpaired) electrons. The van der Waals surface area contributed by atoms with Crippen molar-refractivity contribution in [2.45, 2.75) is 0 Å². The van der Waals surface area contributed by atoms with E-state index in [4.69, 9.17) is 16.7 Å². The van der Waals surface area contributed by atoms with Crippen LogP contribution in [0.25, 0.3) is 0 Å². The maximum atomic E-state index is 10.5. The van der Waals surface area contributed by atoms with Crippen molar-refractivity contribution in [1.29, 1.82) is 0 Å². The molecular formula is C6H4ClNO3. The summed E-state index contributed by atoms with van der Waals surface area (Å²) in [6.07, 6.45) is 2.07. The van der Waals surface area contributed by atoms with Gasteiger partial charge in [0.15, 0.2) is 12.4 Å². The molecule has 0 aliphatic carbocycles. The van der Waals surface area contributed by atoms with Gasteiger partial charge < -0.3 is 10.3 Å². The van der Waals surface area contributed by atoms with E-state index < -0.39 is 5.97 Å². The van der Waals surface area contributed by atoms with Crippen molar-refractivity contribution in [3.63, 3.8) is 0 Å². The van der Waals surface area contributed by atoms with E-state index in [9.17, 15) is 10.0 Å². The van der Waals surface area contributed by atoms with Crippen LogP contribution in [0.2, 0.25) is 5.02 Å². The third kappa shape index (κ3) is 1.59. The van der Waals surface area contributed by atoms with Crippen LogP contribution in [-0.4, -0.2) is 11.1 Å². The first kappa shape index (κ1) is 7.81. The molecule has 0 amide bonds. The SMILES string of the molecule is O=C(O)c1cc[n+]([O-])cc1Cl. The van der Waals surface area contributed by atoms with Crippen molar-refractivity contribution < 1.29 is 14.6 Å². The normalized spacial score (nSPS) is 9.55. The predicted molar refractivity (Wildman–Crippen MR) is 37.4 cm³/mol. The molecule has 4 nitrogen and oxygen atoms in total. The Labute approximate surface area is 67.2 Å². The average molecular weight is 174 g/mol. The first-order valence-electron chi connectivity index (χ1n) is 2.73. The molecule has 0 aliphatic heterocycles. The van der Waals surface area contributed by atoms with Crippen molar-refractivity contribution in [2.24, 2.45) is 0 Å². The molecule has 11 heavy (non-hydrogen) atoms. The minimum Gasteiger partial charge on any atom is -0.619 e. The Kier molecular flexibility index (Phi) is 1.96. The molecule has 0 aliphatic rings. The topological polar surface area (TPSA) is 64.2 Å². The minimum atomic E-state index is -1.14. The summed E-state index contributed by atoms with van der Waals surface area (Å²) in [7, 11) is 0. The molecule has 58 valence electrons. The molecule has 0 spiro atoms. The molecule has 1 aromatic heterocycles. The number of halogens is 1. The number of aromatic nitrogens is 1. The number of hydrogen-bond donors (Lipinski definition) is 1. The van der Waals surface area contributed by atoms with E-state index in [1.54, 1.807) is 0 Å². The van der Waals surface area contributed by atoms with Crippen molar-refractivity contribution in [3.05, 3.63) is 34.3 Å². The van der Waals surface area contributed by atoms with E-state index in [-0.39, 0.29) is 10.6 Å². The highest BCUT2D eigenvalue weighted by atomic mass is 35.5. The zero-order chi connectivity index (χ0) is 8.43. The molecule has 5 heteroatoms. The van der Waals surface area contributed by atoms with Crippen LogP contribution < -0.4 is 4.73 Å². The highest BCUT2D eigenvalue weighted by Crippen LogP contribution is 2.11. The summed E-state index contributed by atoms with van der Waals surface area (Å²) >= 11 is 5.42. The minimum absolute atomic E-state index is 0.0602. The maximum absolute atomic E-state index is 10.5. The first-order chi connectivity index (χ1) is 5.11. The first-order valence-corrected chi connectivity index (χ1v) is 3.10. The number of aromatic carboxylic acids is 1. The fourth-order valence-corrected chi connectivity index (χ4v) is 0.865. The van der Waals surface area contributed by atoms with E-state index in [1.165, 1.54) is 0 Å². The molecule has 1 aromatic rings. The van der Waals surface area contributed by atoms with Crippen molar-refractivity contribution in [1.82, 2.24) is 0 Å². The van der Waals surface area contributed by atoms with E-state index in [0.29, 0.717) is 4.73 Å². The summed E-state index contributed by atoms with van der Waals surface area (Å²) < 4.78 is 0.439. The number of hydrogen-bond acceptors (Lipinski definition) is 2. The summed E-state index contributed by atoms with van der Waals surface area (Å²) in [5, 5.41) is 18.9. The van der Waals surface area contributed by atoms with Crippen LogP contribution in [0.4, 0.5) is 0 Å². The third-order valence-corrected chi connectivity index (χ3v) is 1.42. The molecule has 0 saturated heterocycles. The van der Waals surface area contributed by atoms with Gasteiger partial charge >= 0.3 is 5.97 Å². The van der Waals surface area contributed by atoms with Gasteiger partial charge in [-0.25, -0.2) is 4.79 Å². The second-order valence-electron chi connectivity index (χ2n) is 1.87. The number of nitrogens with zero attached hydrogens (tertiary/aromatic N) is 1. The Balaban J connectivity index is 3.20. The van der Waals surface area contributed by atoms with Crippen molar-refractivity contribution in [2.75, 3.05) is 0 Å². The van der Waals surface area contributed by atoms with E-state index >= 15 is 0 Å². The summed E-state index contributed by atoms with van der Waals surface area (Å²) in [6, 6.07) is 1.15. The van der Waals surface area contributed by atoms with Gasteiger partial charge in [-0.15, -0.1) is 0 Å². The van der Waals surface area contributed by atoms with E-state index in [0.717, 1.165) is 18.5 Å². The molecule has 1 N–H and O–H groups in total. The standard InChI is InChI=1S/C6H4ClNO3/c7-5-3-8(11)2-1-4(5)6(9)10/h1-3H,(H,9,10). The zero-order valence-electron chi connectivity index (χ0n) is 5.32. The van der Waals surface area contributed by atoms with Crippen LogP contribution >= 0.6 is 11.6 Å². The third-order valence-electron chi connectivity index (χ3n) is 1.12. The molecule has 0 aromatic carbocycles. The van der Waals surface area contributed by atoms with Gasteiger partial charge in [-0.05, 0) is 0 Å². The molecule has 1 heterocycles. The van der Waals surface area contributed by atoms with Crippen LogP contribution in [0, 0.1) is 5.21 Å². The fourth-order valence-electron chi connectivity index (χ4n) is 0.625. The highest BCUT2D eigenvalue weighted by Gasteiger charge is 2.10. The Hall–Kier alpha value is -1.29. The Bertz CT molecular complexity index is 300. The lowest BCUT2D eigenvalue weighted by Crippen LogP contribution is -2.25. The number of carboxylic acids is 1. The summed E-state index contributed by atoms with van der Waals surface area (Å²) in [4.78, 5) is 10.3. The van der Waals surface area contributed by atoms with Gasteiger partial charge in [0.1, 0.15) is 5.02 Å². The van der Waals surface area contributed by atoms with Crippen LogP contribution in [0.3, 0.4) is 0 Å². The quantitative estimate of drug-likeness (QED) is 0.502. The maximum Gasteiger partial charge on any atom is 0.337 e. The lowest BCUT2D eigenvalue weighted by molar-refractivity contribution is -0.605. The summed E-state index contributed by atoms with van der Waals surface area (Å²) in [6.45, 7) is 0. The molecule has 0 unspecified atom stereocenters.